The van der Waals surface area contributed by atoms with Crippen LogP contribution in [0.4, 0.5) is 0 Å². The van der Waals surface area contributed by atoms with Gasteiger partial charge in [-0.05, 0) is 12.8 Å². The molecule has 1 aliphatic heterocycles. The monoisotopic (exact) mass is 195 g/mol. The quantitative estimate of drug-likeness (QED) is 0.635. The Morgan fingerprint density at radius 1 is 1.00 bits per heavy atom. The van der Waals surface area contributed by atoms with Crippen LogP contribution in [0.25, 0.3) is 0 Å². The Hall–Kier alpha value is -0.860. The highest BCUT2D eigenvalue weighted by Gasteiger charge is 2.42. The Morgan fingerprint density at radius 2 is 1.64 bits per heavy atom. The van der Waals surface area contributed by atoms with Crippen molar-refractivity contribution in [3.05, 3.63) is 0 Å². The SMILES string of the molecule is O=C1CNC(=O)C2(CCCCCC2)C1. The van der Waals surface area contributed by atoms with Gasteiger partial charge in [0.1, 0.15) is 0 Å². The van der Waals surface area contributed by atoms with E-state index in [1.807, 2.05) is 0 Å². The Bertz CT molecular complexity index is 252. The summed E-state index contributed by atoms with van der Waals surface area (Å²) < 4.78 is 0. The predicted octanol–water partition coefficient (Wildman–Crippen LogP) is 1.42. The summed E-state index contributed by atoms with van der Waals surface area (Å²) in [5, 5.41) is 2.73. The van der Waals surface area contributed by atoms with Crippen molar-refractivity contribution in [2.75, 3.05) is 6.54 Å². The highest BCUT2D eigenvalue weighted by atomic mass is 16.2. The zero-order valence-electron chi connectivity index (χ0n) is 8.47. The maximum Gasteiger partial charge on any atom is 0.227 e. The number of piperidine rings is 1. The topological polar surface area (TPSA) is 46.2 Å². The molecule has 0 atom stereocenters. The van der Waals surface area contributed by atoms with Crippen LogP contribution in [0.5, 0.6) is 0 Å². The maximum absolute atomic E-state index is 11.8. The van der Waals surface area contributed by atoms with Crippen molar-refractivity contribution in [2.24, 2.45) is 5.41 Å². The molecule has 2 aliphatic rings. The van der Waals surface area contributed by atoms with Crippen LogP contribution in [0.1, 0.15) is 44.9 Å². The standard InChI is InChI=1S/C11H17NO2/c13-9-7-11(10(14)12-8-9)5-3-1-2-4-6-11/h1-8H2,(H,12,14). The largest absolute Gasteiger partial charge is 0.349 e. The second-order valence-corrected chi connectivity index (χ2v) is 4.59. The molecule has 3 heteroatoms. The van der Waals surface area contributed by atoms with Crippen molar-refractivity contribution in [1.29, 1.82) is 0 Å². The van der Waals surface area contributed by atoms with Crippen molar-refractivity contribution in [3.63, 3.8) is 0 Å². The first-order valence-corrected chi connectivity index (χ1v) is 5.53. The van der Waals surface area contributed by atoms with Crippen molar-refractivity contribution >= 4 is 11.7 Å². The number of rotatable bonds is 0. The van der Waals surface area contributed by atoms with Gasteiger partial charge in [0.2, 0.25) is 5.91 Å². The number of ketones is 1. The van der Waals surface area contributed by atoms with E-state index in [1.54, 1.807) is 0 Å². The van der Waals surface area contributed by atoms with E-state index in [1.165, 1.54) is 12.8 Å². The molecule has 78 valence electrons. The molecule has 2 fully saturated rings. The fourth-order valence-electron chi connectivity index (χ4n) is 2.70. The second-order valence-electron chi connectivity index (χ2n) is 4.59. The number of hydrogen-bond donors (Lipinski definition) is 1. The summed E-state index contributed by atoms with van der Waals surface area (Å²) in [4.78, 5) is 23.2. The van der Waals surface area contributed by atoms with Gasteiger partial charge in [-0.3, -0.25) is 9.59 Å². The number of carbonyl (C=O) groups is 2. The molecule has 0 bridgehead atoms. The highest BCUT2D eigenvalue weighted by Crippen LogP contribution is 2.39. The van der Waals surface area contributed by atoms with E-state index in [-0.39, 0.29) is 23.7 Å². The van der Waals surface area contributed by atoms with E-state index < -0.39 is 0 Å². The molecule has 1 spiro atoms. The maximum atomic E-state index is 11.8. The second kappa shape index (κ2) is 3.71. The highest BCUT2D eigenvalue weighted by molar-refractivity contribution is 5.96. The molecule has 2 rings (SSSR count). The first kappa shape index (κ1) is 9.69. The molecule has 0 aromatic rings. The van der Waals surface area contributed by atoms with Crippen LogP contribution in [0.2, 0.25) is 0 Å². The molecule has 0 aromatic carbocycles. The van der Waals surface area contributed by atoms with E-state index in [4.69, 9.17) is 0 Å². The lowest BCUT2D eigenvalue weighted by Crippen LogP contribution is -2.49. The molecule has 0 unspecified atom stereocenters. The van der Waals surface area contributed by atoms with Gasteiger partial charge >= 0.3 is 0 Å². The van der Waals surface area contributed by atoms with Gasteiger partial charge in [-0.1, -0.05) is 25.7 Å². The Balaban J connectivity index is 2.16. The third-order valence-electron chi connectivity index (χ3n) is 3.52. The minimum atomic E-state index is -0.328. The van der Waals surface area contributed by atoms with Crippen LogP contribution in [-0.4, -0.2) is 18.2 Å². The summed E-state index contributed by atoms with van der Waals surface area (Å²) in [6.07, 6.45) is 6.92. The third kappa shape index (κ3) is 1.68. The first-order chi connectivity index (χ1) is 6.73. The molecule has 1 heterocycles. The van der Waals surface area contributed by atoms with Crippen LogP contribution in [0.3, 0.4) is 0 Å². The molecule has 1 saturated carbocycles. The van der Waals surface area contributed by atoms with Gasteiger partial charge in [0, 0.05) is 6.42 Å². The lowest BCUT2D eigenvalue weighted by atomic mass is 9.73. The molecule has 1 saturated heterocycles. The average molecular weight is 195 g/mol. The minimum absolute atomic E-state index is 0.124. The number of amides is 1. The molecular weight excluding hydrogens is 178 g/mol. The summed E-state index contributed by atoms with van der Waals surface area (Å²) in [5.74, 6) is 0.325. The van der Waals surface area contributed by atoms with Crippen LogP contribution in [0.15, 0.2) is 0 Å². The lowest BCUT2D eigenvalue weighted by Gasteiger charge is -2.34. The third-order valence-corrected chi connectivity index (χ3v) is 3.52. The summed E-state index contributed by atoms with van der Waals surface area (Å²) in [5.41, 5.74) is -0.328. The Labute approximate surface area is 84.2 Å². The van der Waals surface area contributed by atoms with Gasteiger partial charge in [-0.15, -0.1) is 0 Å². The number of hydrogen-bond acceptors (Lipinski definition) is 2. The van der Waals surface area contributed by atoms with Crippen LogP contribution < -0.4 is 5.32 Å². The normalized spacial score (nSPS) is 27.1. The van der Waals surface area contributed by atoms with E-state index >= 15 is 0 Å². The summed E-state index contributed by atoms with van der Waals surface area (Å²) in [7, 11) is 0. The minimum Gasteiger partial charge on any atom is -0.349 e. The number of nitrogens with one attached hydrogen (secondary N) is 1. The fraction of sp³-hybridized carbons (Fsp3) is 0.818. The molecule has 1 N–H and O–H groups in total. The van der Waals surface area contributed by atoms with E-state index in [2.05, 4.69) is 5.32 Å². The average Bonchev–Trinajstić information content (AvgIpc) is 2.39. The molecule has 3 nitrogen and oxygen atoms in total. The van der Waals surface area contributed by atoms with Crippen LogP contribution in [-0.2, 0) is 9.59 Å². The summed E-state index contributed by atoms with van der Waals surface area (Å²) in [6.45, 7) is 0.251. The first-order valence-electron chi connectivity index (χ1n) is 5.53. The van der Waals surface area contributed by atoms with Crippen LogP contribution >= 0.6 is 0 Å². The molecule has 1 aliphatic carbocycles. The number of Topliss-reactive ketones (excluding diaryl/α,β-unsaturated/α-hetero) is 1. The summed E-state index contributed by atoms with van der Waals surface area (Å²) in [6, 6.07) is 0. The van der Waals surface area contributed by atoms with Gasteiger partial charge in [0.25, 0.3) is 0 Å². The molecule has 14 heavy (non-hydrogen) atoms. The van der Waals surface area contributed by atoms with E-state index in [0.29, 0.717) is 6.42 Å². The van der Waals surface area contributed by atoms with E-state index in [0.717, 1.165) is 25.7 Å². The lowest BCUT2D eigenvalue weighted by molar-refractivity contribution is -0.141. The predicted molar refractivity (Wildman–Crippen MR) is 52.8 cm³/mol. The van der Waals surface area contributed by atoms with Crippen molar-refractivity contribution in [1.82, 2.24) is 5.32 Å². The van der Waals surface area contributed by atoms with Crippen molar-refractivity contribution < 1.29 is 9.59 Å². The van der Waals surface area contributed by atoms with Crippen molar-refractivity contribution in [3.8, 4) is 0 Å². The van der Waals surface area contributed by atoms with Gasteiger partial charge in [0.05, 0.1) is 12.0 Å². The zero-order chi connectivity index (χ0) is 10.0. The van der Waals surface area contributed by atoms with Gasteiger partial charge in [-0.25, -0.2) is 0 Å². The zero-order valence-corrected chi connectivity index (χ0v) is 8.47. The summed E-state index contributed by atoms with van der Waals surface area (Å²) >= 11 is 0. The smallest absolute Gasteiger partial charge is 0.227 e. The Morgan fingerprint density at radius 3 is 2.29 bits per heavy atom. The van der Waals surface area contributed by atoms with Gasteiger partial charge in [-0.2, -0.15) is 0 Å². The molecule has 0 radical (unpaired) electrons. The van der Waals surface area contributed by atoms with Crippen LogP contribution in [0, 0.1) is 5.41 Å². The Kier molecular flexibility index (Phi) is 2.57. The van der Waals surface area contributed by atoms with Crippen molar-refractivity contribution in [2.45, 2.75) is 44.9 Å². The van der Waals surface area contributed by atoms with Gasteiger partial charge in [0.15, 0.2) is 5.78 Å². The van der Waals surface area contributed by atoms with E-state index in [9.17, 15) is 9.59 Å². The van der Waals surface area contributed by atoms with Gasteiger partial charge < -0.3 is 5.32 Å². The molecule has 1 amide bonds. The molecule has 0 aromatic heterocycles. The number of carbonyl (C=O) groups excluding carboxylic acids is 2. The fourth-order valence-corrected chi connectivity index (χ4v) is 2.70. The molecular formula is C11H17NO2.